The van der Waals surface area contributed by atoms with Gasteiger partial charge in [-0.3, -0.25) is 0 Å². The first-order valence-electron chi connectivity index (χ1n) is 9.65. The molecule has 0 amide bonds. The van der Waals surface area contributed by atoms with Crippen LogP contribution in [-0.2, 0) is 0 Å². The molecule has 0 N–H and O–H groups in total. The van der Waals surface area contributed by atoms with E-state index in [-0.39, 0.29) is 0 Å². The number of rotatable bonds is 8. The fraction of sp³-hybridized carbons (Fsp3) is 0.240. The largest absolute Gasteiger partial charge is 0.490 e. The first-order chi connectivity index (χ1) is 13.6. The highest BCUT2D eigenvalue weighted by Gasteiger charge is 2.08. The molecule has 0 atom stereocenters. The molecule has 144 valence electrons. The van der Waals surface area contributed by atoms with Gasteiger partial charge in [0.2, 0.25) is 5.89 Å². The summed E-state index contributed by atoms with van der Waals surface area (Å²) in [5.74, 6) is 2.23. The molecule has 1 aromatic heterocycles. The summed E-state index contributed by atoms with van der Waals surface area (Å²) in [7, 11) is 0. The Hall–Kier alpha value is -3.07. The summed E-state index contributed by atoms with van der Waals surface area (Å²) >= 11 is 0. The van der Waals surface area contributed by atoms with E-state index in [4.69, 9.17) is 9.15 Å². The number of allylic oxidation sites excluding steroid dienone is 3. The van der Waals surface area contributed by atoms with Gasteiger partial charge in [-0.25, -0.2) is 4.98 Å². The fourth-order valence-electron chi connectivity index (χ4n) is 2.81. The number of nitrogens with zero attached hydrogens (tertiary/aromatic N) is 1. The van der Waals surface area contributed by atoms with Crippen LogP contribution < -0.4 is 4.74 Å². The second-order valence-corrected chi connectivity index (χ2v) is 7.10. The highest BCUT2D eigenvalue weighted by atomic mass is 16.5. The van der Waals surface area contributed by atoms with E-state index in [1.807, 2.05) is 54.6 Å². The van der Waals surface area contributed by atoms with Crippen molar-refractivity contribution in [1.29, 1.82) is 0 Å². The minimum absolute atomic E-state index is 0.584. The van der Waals surface area contributed by atoms with Crippen molar-refractivity contribution < 1.29 is 9.15 Å². The van der Waals surface area contributed by atoms with Crippen molar-refractivity contribution in [2.75, 3.05) is 6.61 Å². The van der Waals surface area contributed by atoms with Crippen molar-refractivity contribution in [1.82, 2.24) is 4.98 Å². The van der Waals surface area contributed by atoms with E-state index in [1.165, 1.54) is 11.1 Å². The van der Waals surface area contributed by atoms with Crippen molar-refractivity contribution in [3.8, 4) is 28.5 Å². The molecular weight excluding hydrogens is 346 g/mol. The number of ether oxygens (including phenoxy) is 1. The van der Waals surface area contributed by atoms with Gasteiger partial charge >= 0.3 is 0 Å². The minimum Gasteiger partial charge on any atom is -0.490 e. The van der Waals surface area contributed by atoms with E-state index >= 15 is 0 Å². The zero-order valence-electron chi connectivity index (χ0n) is 16.8. The maximum atomic E-state index is 5.90. The molecule has 28 heavy (non-hydrogen) atoms. The topological polar surface area (TPSA) is 35.3 Å². The molecule has 0 unspecified atom stereocenters. The van der Waals surface area contributed by atoms with Gasteiger partial charge in [0.05, 0.1) is 6.20 Å². The van der Waals surface area contributed by atoms with E-state index < -0.39 is 0 Å². The molecule has 0 radical (unpaired) electrons. The number of oxazole rings is 1. The van der Waals surface area contributed by atoms with Crippen LogP contribution in [0.2, 0.25) is 0 Å². The van der Waals surface area contributed by atoms with Crippen molar-refractivity contribution in [2.24, 2.45) is 0 Å². The second kappa shape index (κ2) is 9.75. The summed E-state index contributed by atoms with van der Waals surface area (Å²) < 4.78 is 11.7. The lowest BCUT2D eigenvalue weighted by molar-refractivity contribution is 0.361. The standard InChI is InChI=1S/C25H27NO2/c1-19(2)8-7-9-20(3)16-17-27-23-14-12-21(13-15-23)24-18-26-25(28-24)22-10-5-4-6-11-22/h4-6,8,10-16,18H,7,9,17H2,1-3H3/b20-16+. The molecule has 0 aliphatic heterocycles. The SMILES string of the molecule is CC(C)=CCC/C(C)=C/COc1ccc(-c2cnc(-c3ccccc3)o2)cc1. The fourth-order valence-corrected chi connectivity index (χ4v) is 2.81. The van der Waals surface area contributed by atoms with Crippen LogP contribution in [-0.4, -0.2) is 11.6 Å². The normalized spacial score (nSPS) is 11.3. The molecule has 3 heteroatoms. The van der Waals surface area contributed by atoms with Gasteiger partial charge in [0, 0.05) is 11.1 Å². The van der Waals surface area contributed by atoms with Gasteiger partial charge in [0.1, 0.15) is 12.4 Å². The van der Waals surface area contributed by atoms with Gasteiger partial charge in [-0.1, -0.05) is 35.4 Å². The Bertz CT molecular complexity index is 930. The molecule has 0 saturated heterocycles. The maximum Gasteiger partial charge on any atom is 0.226 e. The Morgan fingerprint density at radius 2 is 1.68 bits per heavy atom. The van der Waals surface area contributed by atoms with Crippen LogP contribution in [0, 0.1) is 0 Å². The van der Waals surface area contributed by atoms with Crippen molar-refractivity contribution >= 4 is 0 Å². The monoisotopic (exact) mass is 373 g/mol. The van der Waals surface area contributed by atoms with E-state index in [9.17, 15) is 0 Å². The highest BCUT2D eigenvalue weighted by molar-refractivity contribution is 5.61. The summed E-state index contributed by atoms with van der Waals surface area (Å²) in [6, 6.07) is 17.8. The summed E-state index contributed by atoms with van der Waals surface area (Å²) in [6.45, 7) is 7.00. The Morgan fingerprint density at radius 1 is 0.929 bits per heavy atom. The lowest BCUT2D eigenvalue weighted by atomic mass is 10.1. The Balaban J connectivity index is 1.55. The van der Waals surface area contributed by atoms with E-state index in [0.29, 0.717) is 12.5 Å². The first kappa shape index (κ1) is 19.7. The molecule has 0 aliphatic carbocycles. The Kier molecular flexibility index (Phi) is 6.85. The van der Waals surface area contributed by atoms with Gasteiger partial charge in [-0.2, -0.15) is 0 Å². The van der Waals surface area contributed by atoms with Crippen LogP contribution in [0.3, 0.4) is 0 Å². The third kappa shape index (κ3) is 5.71. The van der Waals surface area contributed by atoms with Gasteiger partial charge in [0.25, 0.3) is 0 Å². The molecule has 1 heterocycles. The molecule has 0 aliphatic rings. The average molecular weight is 373 g/mol. The molecule has 2 aromatic carbocycles. The number of benzene rings is 2. The van der Waals surface area contributed by atoms with Crippen molar-refractivity contribution in [3.63, 3.8) is 0 Å². The number of hydrogen-bond acceptors (Lipinski definition) is 3. The maximum absolute atomic E-state index is 5.90. The highest BCUT2D eigenvalue weighted by Crippen LogP contribution is 2.27. The zero-order chi connectivity index (χ0) is 19.8. The van der Waals surface area contributed by atoms with Crippen LogP contribution in [0.25, 0.3) is 22.8 Å². The molecule has 3 aromatic rings. The van der Waals surface area contributed by atoms with E-state index in [1.54, 1.807) is 6.20 Å². The quantitative estimate of drug-likeness (QED) is 0.396. The summed E-state index contributed by atoms with van der Waals surface area (Å²) in [6.07, 6.45) is 8.33. The van der Waals surface area contributed by atoms with Gasteiger partial charge in [0.15, 0.2) is 5.76 Å². The average Bonchev–Trinajstić information content (AvgIpc) is 3.19. The van der Waals surface area contributed by atoms with E-state index in [2.05, 4.69) is 37.9 Å². The summed E-state index contributed by atoms with van der Waals surface area (Å²) in [5, 5.41) is 0. The molecule has 0 fully saturated rings. The van der Waals surface area contributed by atoms with Crippen LogP contribution in [0.1, 0.15) is 33.6 Å². The number of aromatic nitrogens is 1. The van der Waals surface area contributed by atoms with Gasteiger partial charge < -0.3 is 9.15 Å². The van der Waals surface area contributed by atoms with Gasteiger partial charge in [-0.05, 0) is 76.1 Å². The lowest BCUT2D eigenvalue weighted by Gasteiger charge is -2.05. The first-order valence-corrected chi connectivity index (χ1v) is 9.65. The molecule has 0 spiro atoms. The lowest BCUT2D eigenvalue weighted by Crippen LogP contribution is -1.94. The Morgan fingerprint density at radius 3 is 2.39 bits per heavy atom. The van der Waals surface area contributed by atoms with E-state index in [0.717, 1.165) is 35.5 Å². The third-order valence-electron chi connectivity index (χ3n) is 4.44. The minimum atomic E-state index is 0.584. The third-order valence-corrected chi connectivity index (χ3v) is 4.44. The van der Waals surface area contributed by atoms with Gasteiger partial charge in [-0.15, -0.1) is 0 Å². The van der Waals surface area contributed by atoms with Crippen LogP contribution in [0.5, 0.6) is 5.75 Å². The predicted molar refractivity (Wildman–Crippen MR) is 115 cm³/mol. The zero-order valence-corrected chi connectivity index (χ0v) is 16.8. The van der Waals surface area contributed by atoms with Crippen LogP contribution in [0.4, 0.5) is 0 Å². The summed E-state index contributed by atoms with van der Waals surface area (Å²) in [4.78, 5) is 4.38. The second-order valence-electron chi connectivity index (χ2n) is 7.10. The molecule has 0 bridgehead atoms. The molecule has 0 saturated carbocycles. The predicted octanol–water partition coefficient (Wildman–Crippen LogP) is 7.08. The molecular formula is C25H27NO2. The molecule has 3 nitrogen and oxygen atoms in total. The number of hydrogen-bond donors (Lipinski definition) is 0. The van der Waals surface area contributed by atoms with Crippen molar-refractivity contribution in [3.05, 3.63) is 84.1 Å². The van der Waals surface area contributed by atoms with Crippen molar-refractivity contribution in [2.45, 2.75) is 33.6 Å². The smallest absolute Gasteiger partial charge is 0.226 e. The summed E-state index contributed by atoms with van der Waals surface area (Å²) in [5.41, 5.74) is 4.67. The van der Waals surface area contributed by atoms with Crippen LogP contribution >= 0.6 is 0 Å². The molecule has 3 rings (SSSR count). The van der Waals surface area contributed by atoms with Crippen LogP contribution in [0.15, 0.2) is 88.5 Å². The Labute approximate surface area is 167 Å².